The molecule has 2 aromatic heterocycles. The molecule has 1 N–H and O–H groups in total. The Balaban J connectivity index is 1.68. The number of nitrogens with one attached hydrogen (secondary N) is 1. The van der Waals surface area contributed by atoms with Crippen LogP contribution in [-0.2, 0) is 6.54 Å². The lowest BCUT2D eigenvalue weighted by atomic mass is 9.85. The monoisotopic (exact) mass is 300 g/mol. The van der Waals surface area contributed by atoms with E-state index in [0.29, 0.717) is 5.92 Å². The minimum atomic E-state index is 0.634. The van der Waals surface area contributed by atoms with Crippen molar-refractivity contribution in [3.8, 4) is 0 Å². The molecule has 0 spiro atoms. The van der Waals surface area contributed by atoms with E-state index in [-0.39, 0.29) is 0 Å². The summed E-state index contributed by atoms with van der Waals surface area (Å²) in [4.78, 5) is 10.8. The van der Waals surface area contributed by atoms with Crippen molar-refractivity contribution < 1.29 is 0 Å². The maximum absolute atomic E-state index is 4.93. The maximum Gasteiger partial charge on any atom is 0.233 e. The highest BCUT2D eigenvalue weighted by Crippen LogP contribution is 2.39. The van der Waals surface area contributed by atoms with Gasteiger partial charge < -0.3 is 4.98 Å². The molecule has 22 heavy (non-hydrogen) atoms. The Kier molecular flexibility index (Phi) is 3.39. The van der Waals surface area contributed by atoms with Crippen LogP contribution in [0.2, 0.25) is 0 Å². The quantitative estimate of drug-likeness (QED) is 0.861. The van der Waals surface area contributed by atoms with Crippen molar-refractivity contribution in [2.75, 3.05) is 11.4 Å². The molecule has 1 saturated carbocycles. The van der Waals surface area contributed by atoms with Gasteiger partial charge in [-0.05, 0) is 26.2 Å². The topological polar surface area (TPSA) is 62.6 Å². The second kappa shape index (κ2) is 5.41. The molecule has 4 rings (SSSR count). The summed E-state index contributed by atoms with van der Waals surface area (Å²) in [7, 11) is 0. The van der Waals surface area contributed by atoms with Crippen molar-refractivity contribution in [3.63, 3.8) is 0 Å². The first-order chi connectivity index (χ1) is 10.8. The van der Waals surface area contributed by atoms with Gasteiger partial charge in [0.15, 0.2) is 5.82 Å². The van der Waals surface area contributed by atoms with Crippen LogP contribution in [0.5, 0.6) is 0 Å². The normalized spacial score (nSPS) is 17.3. The highest BCUT2D eigenvalue weighted by molar-refractivity contribution is 5.59. The Morgan fingerprint density at radius 3 is 2.82 bits per heavy atom. The fourth-order valence-electron chi connectivity index (χ4n) is 3.36. The van der Waals surface area contributed by atoms with Gasteiger partial charge in [-0.2, -0.15) is 0 Å². The summed E-state index contributed by atoms with van der Waals surface area (Å²) in [6.45, 7) is 6.04. The third-order valence-electron chi connectivity index (χ3n) is 4.98. The molecule has 0 radical (unpaired) electrons. The van der Waals surface area contributed by atoms with Crippen LogP contribution >= 0.6 is 0 Å². The highest BCUT2D eigenvalue weighted by Gasteiger charge is 2.31. The smallest absolute Gasteiger partial charge is 0.233 e. The first kappa shape index (κ1) is 13.8. The fourth-order valence-corrected chi connectivity index (χ4v) is 3.36. The minimum absolute atomic E-state index is 0.634. The summed E-state index contributed by atoms with van der Waals surface area (Å²) in [5.41, 5.74) is 1.22. The van der Waals surface area contributed by atoms with Crippen LogP contribution in [0.4, 0.5) is 11.8 Å². The number of anilines is 2. The molecule has 0 aromatic carbocycles. The number of aromatic nitrogens is 5. The van der Waals surface area contributed by atoms with Crippen molar-refractivity contribution in [1.82, 2.24) is 24.7 Å². The van der Waals surface area contributed by atoms with Gasteiger partial charge in [0.05, 0.1) is 12.2 Å². The molecular weight excluding hydrogens is 276 g/mol. The zero-order chi connectivity index (χ0) is 15.1. The predicted octanol–water partition coefficient (Wildman–Crippen LogP) is 3.27. The first-order valence-electron chi connectivity index (χ1n) is 8.54. The summed E-state index contributed by atoms with van der Waals surface area (Å²) < 4.78 is 2.19. The van der Waals surface area contributed by atoms with Gasteiger partial charge in [-0.1, -0.05) is 26.2 Å². The molecule has 1 fully saturated rings. The van der Waals surface area contributed by atoms with E-state index in [0.717, 1.165) is 37.1 Å². The second-order valence-electron chi connectivity index (χ2n) is 6.54. The van der Waals surface area contributed by atoms with Crippen molar-refractivity contribution >= 4 is 11.8 Å². The van der Waals surface area contributed by atoms with E-state index in [9.17, 15) is 0 Å². The van der Waals surface area contributed by atoms with E-state index in [1.807, 2.05) is 6.92 Å². The van der Waals surface area contributed by atoms with Gasteiger partial charge in [0.25, 0.3) is 0 Å². The summed E-state index contributed by atoms with van der Waals surface area (Å²) in [6, 6.07) is 0. The molecule has 1 aliphatic carbocycles. The Hall–Kier alpha value is -1.85. The zero-order valence-electron chi connectivity index (χ0n) is 13.5. The number of fused-ring (bicyclic) bond motifs is 2. The Labute approximate surface area is 131 Å². The number of aromatic amines is 1. The number of hydrogen-bond donors (Lipinski definition) is 1. The van der Waals surface area contributed by atoms with E-state index in [4.69, 9.17) is 4.98 Å². The minimum Gasteiger partial charge on any atom is -0.342 e. The van der Waals surface area contributed by atoms with Crippen LogP contribution < -0.4 is 4.90 Å². The van der Waals surface area contributed by atoms with Crippen molar-refractivity contribution in [2.45, 2.75) is 64.8 Å². The summed E-state index contributed by atoms with van der Waals surface area (Å²) in [6.07, 6.45) is 7.49. The highest BCUT2D eigenvalue weighted by atomic mass is 15.4. The van der Waals surface area contributed by atoms with E-state index in [2.05, 4.69) is 31.6 Å². The molecular formula is C16H24N6. The van der Waals surface area contributed by atoms with Crippen LogP contribution in [0.3, 0.4) is 0 Å². The van der Waals surface area contributed by atoms with E-state index in [1.165, 1.54) is 43.6 Å². The predicted molar refractivity (Wildman–Crippen MR) is 85.6 cm³/mol. The molecule has 118 valence electrons. The molecule has 6 heteroatoms. The second-order valence-corrected chi connectivity index (χ2v) is 6.54. The fraction of sp³-hybridized carbons (Fsp3) is 0.688. The summed E-state index contributed by atoms with van der Waals surface area (Å²) in [5.74, 6) is 4.81. The Bertz CT molecular complexity index is 666. The Morgan fingerprint density at radius 1 is 1.23 bits per heavy atom. The molecule has 6 nitrogen and oxygen atoms in total. The molecule has 3 heterocycles. The van der Waals surface area contributed by atoms with Gasteiger partial charge >= 0.3 is 0 Å². The third kappa shape index (κ3) is 2.12. The van der Waals surface area contributed by atoms with Crippen molar-refractivity contribution in [1.29, 1.82) is 0 Å². The van der Waals surface area contributed by atoms with Gasteiger partial charge in [0.2, 0.25) is 5.95 Å². The number of nitrogens with zero attached hydrogens (tertiary/aromatic N) is 5. The maximum atomic E-state index is 4.93. The van der Waals surface area contributed by atoms with Crippen LogP contribution in [0.25, 0.3) is 0 Å². The van der Waals surface area contributed by atoms with E-state index in [1.54, 1.807) is 0 Å². The number of rotatable bonds is 5. The molecule has 0 unspecified atom stereocenters. The number of unbranched alkanes of at least 4 members (excludes halogenated alkanes) is 2. The van der Waals surface area contributed by atoms with Crippen LogP contribution in [0, 0.1) is 6.92 Å². The van der Waals surface area contributed by atoms with Crippen LogP contribution in [-0.4, -0.2) is 31.3 Å². The van der Waals surface area contributed by atoms with Crippen LogP contribution in [0.15, 0.2) is 0 Å². The number of aryl methyl sites for hydroxylation is 1. The van der Waals surface area contributed by atoms with Crippen LogP contribution in [0.1, 0.15) is 68.7 Å². The SMILES string of the molecule is CCCCCN1c2nc(C3CCC3)[nH]c2Cn2c(C)nnc21. The molecule has 2 aromatic rings. The third-order valence-corrected chi connectivity index (χ3v) is 4.98. The number of H-pyrrole nitrogens is 1. The van der Waals surface area contributed by atoms with Gasteiger partial charge in [0.1, 0.15) is 11.6 Å². The largest absolute Gasteiger partial charge is 0.342 e. The van der Waals surface area contributed by atoms with Gasteiger partial charge in [-0.25, -0.2) is 4.98 Å². The molecule has 0 atom stereocenters. The molecule has 2 aliphatic rings. The molecule has 0 saturated heterocycles. The molecule has 0 amide bonds. The number of imidazole rings is 1. The standard InChI is InChI=1S/C16H24N6/c1-3-4-5-9-21-15-13(10-22-11(2)19-20-16(21)22)17-14(18-15)12-7-6-8-12/h12H,3-10H2,1-2H3,(H,17,18). The van der Waals surface area contributed by atoms with E-state index < -0.39 is 0 Å². The summed E-state index contributed by atoms with van der Waals surface area (Å²) >= 11 is 0. The lowest BCUT2D eigenvalue weighted by molar-refractivity contribution is 0.403. The van der Waals surface area contributed by atoms with Gasteiger partial charge in [0, 0.05) is 12.5 Å². The summed E-state index contributed by atoms with van der Waals surface area (Å²) in [5, 5.41) is 8.64. The average molecular weight is 300 g/mol. The number of hydrogen-bond acceptors (Lipinski definition) is 4. The average Bonchev–Trinajstić information content (AvgIpc) is 3.01. The van der Waals surface area contributed by atoms with Crippen molar-refractivity contribution in [2.24, 2.45) is 0 Å². The molecule has 0 bridgehead atoms. The van der Waals surface area contributed by atoms with Crippen molar-refractivity contribution in [3.05, 3.63) is 17.3 Å². The first-order valence-corrected chi connectivity index (χ1v) is 8.54. The van der Waals surface area contributed by atoms with Gasteiger partial charge in [-0.3, -0.25) is 9.47 Å². The zero-order valence-corrected chi connectivity index (χ0v) is 13.5. The molecule has 1 aliphatic heterocycles. The Morgan fingerprint density at radius 2 is 2.09 bits per heavy atom. The lowest BCUT2D eigenvalue weighted by Crippen LogP contribution is -2.28. The lowest BCUT2D eigenvalue weighted by Gasteiger charge is -2.27. The van der Waals surface area contributed by atoms with E-state index >= 15 is 0 Å². The van der Waals surface area contributed by atoms with Gasteiger partial charge in [-0.15, -0.1) is 10.2 Å².